The summed E-state index contributed by atoms with van der Waals surface area (Å²) in [7, 11) is 0. The molecule has 0 radical (unpaired) electrons. The zero-order valence-electron chi connectivity index (χ0n) is 5.28. The van der Waals surface area contributed by atoms with Gasteiger partial charge in [0.05, 0.1) is 0 Å². The molecular formula is C6H3ClN2OSe. The van der Waals surface area contributed by atoms with Crippen molar-refractivity contribution in [1.29, 1.82) is 0 Å². The van der Waals surface area contributed by atoms with Crippen LogP contribution in [0.25, 0.3) is 11.0 Å². The van der Waals surface area contributed by atoms with Gasteiger partial charge in [0.1, 0.15) is 0 Å². The van der Waals surface area contributed by atoms with Crippen LogP contribution in [0.2, 0.25) is 5.02 Å². The van der Waals surface area contributed by atoms with Gasteiger partial charge in [-0.25, -0.2) is 0 Å². The third-order valence-electron chi connectivity index (χ3n) is 1.35. The third kappa shape index (κ3) is 1.03. The maximum absolute atomic E-state index is 9.16. The van der Waals surface area contributed by atoms with E-state index in [4.69, 9.17) is 16.7 Å². The molecule has 1 aromatic carbocycles. The summed E-state index contributed by atoms with van der Waals surface area (Å²) in [5, 5.41) is 9.47. The summed E-state index contributed by atoms with van der Waals surface area (Å²) < 4.78 is 8.16. The van der Waals surface area contributed by atoms with Crippen molar-refractivity contribution < 1.29 is 5.11 Å². The number of phenolic OH excluding ortho intramolecular Hbond substituents is 1. The molecule has 11 heavy (non-hydrogen) atoms. The minimum atomic E-state index is -0.0836. The predicted octanol–water partition coefficient (Wildman–Crippen LogP) is 1.05. The van der Waals surface area contributed by atoms with Crippen LogP contribution >= 0.6 is 11.6 Å². The van der Waals surface area contributed by atoms with Crippen molar-refractivity contribution >= 4 is 37.6 Å². The number of halogens is 1. The topological polar surface area (TPSA) is 46.0 Å². The van der Waals surface area contributed by atoms with E-state index in [0.717, 1.165) is 5.52 Å². The van der Waals surface area contributed by atoms with Gasteiger partial charge >= 0.3 is 73.6 Å². The van der Waals surface area contributed by atoms with Gasteiger partial charge in [0, 0.05) is 0 Å². The Morgan fingerprint density at radius 3 is 3.00 bits per heavy atom. The molecule has 1 aromatic heterocycles. The van der Waals surface area contributed by atoms with Crippen molar-refractivity contribution in [3.05, 3.63) is 17.2 Å². The van der Waals surface area contributed by atoms with E-state index >= 15 is 0 Å². The summed E-state index contributed by atoms with van der Waals surface area (Å²) in [6, 6.07) is 3.25. The summed E-state index contributed by atoms with van der Waals surface area (Å²) in [5.41, 5.74) is 1.42. The molecule has 0 spiro atoms. The van der Waals surface area contributed by atoms with Crippen LogP contribution in [0.4, 0.5) is 0 Å². The Hall–Kier alpha value is -0.571. The van der Waals surface area contributed by atoms with Gasteiger partial charge in [0.25, 0.3) is 0 Å². The zero-order chi connectivity index (χ0) is 7.84. The number of hydrogen-bond donors (Lipinski definition) is 1. The first-order valence-corrected chi connectivity index (χ1v) is 4.80. The molecule has 0 bridgehead atoms. The Morgan fingerprint density at radius 2 is 2.18 bits per heavy atom. The Morgan fingerprint density at radius 1 is 1.36 bits per heavy atom. The molecule has 0 saturated carbocycles. The number of benzene rings is 1. The van der Waals surface area contributed by atoms with Gasteiger partial charge in [0.15, 0.2) is 0 Å². The number of hydrogen-bond acceptors (Lipinski definition) is 3. The second-order valence-corrected chi connectivity index (χ2v) is 3.52. The fraction of sp³-hybridized carbons (Fsp3) is 0. The molecule has 56 valence electrons. The van der Waals surface area contributed by atoms with Gasteiger partial charge in [-0.3, -0.25) is 0 Å². The molecule has 0 amide bonds. The molecule has 0 unspecified atom stereocenters. The number of nitrogens with zero attached hydrogens (tertiary/aromatic N) is 2. The van der Waals surface area contributed by atoms with Crippen molar-refractivity contribution in [2.45, 2.75) is 0 Å². The number of rotatable bonds is 0. The van der Waals surface area contributed by atoms with E-state index in [1.54, 1.807) is 6.07 Å². The first-order chi connectivity index (χ1) is 5.29. The van der Waals surface area contributed by atoms with E-state index in [2.05, 4.69) is 7.96 Å². The fourth-order valence-electron chi connectivity index (χ4n) is 0.809. The Balaban J connectivity index is 2.93. The van der Waals surface area contributed by atoms with E-state index in [0.29, 0.717) is 10.5 Å². The fourth-order valence-corrected chi connectivity index (χ4v) is 2.26. The van der Waals surface area contributed by atoms with Crippen LogP contribution in [-0.2, 0) is 0 Å². The van der Waals surface area contributed by atoms with Crippen molar-refractivity contribution in [2.75, 3.05) is 0 Å². The van der Waals surface area contributed by atoms with Crippen LogP contribution in [-0.4, -0.2) is 28.0 Å². The van der Waals surface area contributed by atoms with Crippen LogP contribution in [0.5, 0.6) is 5.75 Å². The Bertz CT molecular complexity index is 400. The first-order valence-electron chi connectivity index (χ1n) is 2.89. The van der Waals surface area contributed by atoms with E-state index in [1.807, 2.05) is 0 Å². The summed E-state index contributed by atoms with van der Waals surface area (Å²) >= 11 is 5.66. The van der Waals surface area contributed by atoms with Crippen molar-refractivity contribution in [3.63, 3.8) is 0 Å². The molecule has 1 heterocycles. The second-order valence-electron chi connectivity index (χ2n) is 2.03. The number of fused-ring (bicyclic) bond motifs is 1. The first kappa shape index (κ1) is 7.10. The molecule has 2 aromatic rings. The molecule has 3 nitrogen and oxygen atoms in total. The molecule has 5 heteroatoms. The van der Waals surface area contributed by atoms with E-state index in [9.17, 15) is 0 Å². The van der Waals surface area contributed by atoms with E-state index in [-0.39, 0.29) is 20.7 Å². The van der Waals surface area contributed by atoms with Crippen molar-refractivity contribution in [1.82, 2.24) is 7.96 Å². The van der Waals surface area contributed by atoms with Crippen LogP contribution < -0.4 is 0 Å². The maximum atomic E-state index is 9.16. The summed E-state index contributed by atoms with van der Waals surface area (Å²) in [4.78, 5) is 0. The summed E-state index contributed by atoms with van der Waals surface area (Å²) in [6.45, 7) is 0. The molecule has 0 aliphatic rings. The van der Waals surface area contributed by atoms with Crippen molar-refractivity contribution in [2.24, 2.45) is 0 Å². The summed E-state index contributed by atoms with van der Waals surface area (Å²) in [5.74, 6) is 0.0714. The van der Waals surface area contributed by atoms with E-state index in [1.165, 1.54) is 6.07 Å². The molecule has 0 aliphatic carbocycles. The normalized spacial score (nSPS) is 10.6. The summed E-state index contributed by atoms with van der Waals surface area (Å²) in [6.07, 6.45) is 0. The number of phenols is 1. The van der Waals surface area contributed by atoms with Crippen molar-refractivity contribution in [3.8, 4) is 5.75 Å². The molecule has 1 N–H and O–H groups in total. The molecule has 2 rings (SSSR count). The van der Waals surface area contributed by atoms with Crippen LogP contribution in [0.1, 0.15) is 0 Å². The monoisotopic (exact) mass is 234 g/mol. The van der Waals surface area contributed by atoms with Gasteiger partial charge in [-0.05, 0) is 0 Å². The standard InChI is InChI=1S/C6H3ClN2OSe/c7-5-4(10)2-1-3-6(5)9-11-8-3/h1-2,10H. The molecule has 0 aliphatic heterocycles. The van der Waals surface area contributed by atoms with Gasteiger partial charge < -0.3 is 0 Å². The third-order valence-corrected chi connectivity index (χ3v) is 2.86. The number of aromatic hydroxyl groups is 1. The molecule has 0 fully saturated rings. The zero-order valence-corrected chi connectivity index (χ0v) is 7.75. The minimum absolute atomic E-state index is 0.0714. The Kier molecular flexibility index (Phi) is 1.60. The number of aromatic nitrogens is 2. The van der Waals surface area contributed by atoms with Gasteiger partial charge in [-0.1, -0.05) is 0 Å². The van der Waals surface area contributed by atoms with Gasteiger partial charge in [-0.2, -0.15) is 0 Å². The second kappa shape index (κ2) is 2.48. The van der Waals surface area contributed by atoms with E-state index < -0.39 is 0 Å². The molecule has 0 atom stereocenters. The van der Waals surface area contributed by atoms with Gasteiger partial charge in [0.2, 0.25) is 0 Å². The van der Waals surface area contributed by atoms with Gasteiger partial charge in [-0.15, -0.1) is 0 Å². The average Bonchev–Trinajstić information content (AvgIpc) is 2.45. The SMILES string of the molecule is Oc1ccc2n[se]nc2c1Cl. The Labute approximate surface area is 73.8 Å². The predicted molar refractivity (Wildman–Crippen MR) is 43.2 cm³/mol. The van der Waals surface area contributed by atoms with Crippen LogP contribution in [0, 0.1) is 0 Å². The van der Waals surface area contributed by atoms with Crippen LogP contribution in [0.15, 0.2) is 12.1 Å². The molecular weight excluding hydrogens is 230 g/mol. The molecule has 0 saturated heterocycles. The quantitative estimate of drug-likeness (QED) is 0.692. The van der Waals surface area contributed by atoms with Crippen LogP contribution in [0.3, 0.4) is 0 Å². The average molecular weight is 234 g/mol.